The average molecular weight is 190 g/mol. The van der Waals surface area contributed by atoms with Gasteiger partial charge in [-0.05, 0) is 6.07 Å². The van der Waals surface area contributed by atoms with Gasteiger partial charge in [0.1, 0.15) is 5.65 Å². The van der Waals surface area contributed by atoms with Gasteiger partial charge in [0.2, 0.25) is 0 Å². The monoisotopic (exact) mass is 190 g/mol. The molecule has 0 spiro atoms. The topological polar surface area (TPSA) is 86.9 Å². The van der Waals surface area contributed by atoms with Crippen molar-refractivity contribution in [2.75, 3.05) is 5.73 Å². The van der Waals surface area contributed by atoms with Gasteiger partial charge in [-0.25, -0.2) is 4.98 Å². The molecule has 0 aliphatic heterocycles. The fourth-order valence-corrected chi connectivity index (χ4v) is 1.47. The summed E-state index contributed by atoms with van der Waals surface area (Å²) >= 11 is 0. The minimum absolute atomic E-state index is 0.447. The molecule has 0 bridgehead atoms. The van der Waals surface area contributed by atoms with Crippen LogP contribution in [0.1, 0.15) is 10.4 Å². The first-order chi connectivity index (χ1) is 6.59. The van der Waals surface area contributed by atoms with Crippen LogP contribution in [-0.2, 0) is 7.05 Å². The maximum absolute atomic E-state index is 11.1. The van der Waals surface area contributed by atoms with Crippen molar-refractivity contribution in [1.82, 2.24) is 9.55 Å². The van der Waals surface area contributed by atoms with Crippen LogP contribution in [0, 0.1) is 0 Å². The number of nitrogen functional groups attached to an aromatic ring is 1. The fourth-order valence-electron chi connectivity index (χ4n) is 1.47. The number of hydrogen-bond donors (Lipinski definition) is 2. The number of anilines is 1. The number of fused-ring (bicyclic) bond motifs is 1. The highest BCUT2D eigenvalue weighted by Crippen LogP contribution is 2.20. The summed E-state index contributed by atoms with van der Waals surface area (Å²) in [7, 11) is 1.80. The number of aryl methyl sites for hydroxylation is 1. The highest BCUT2D eigenvalue weighted by Gasteiger charge is 2.11. The van der Waals surface area contributed by atoms with E-state index in [0.29, 0.717) is 22.3 Å². The Bertz CT molecular complexity index is 515. The molecule has 0 atom stereocenters. The lowest BCUT2D eigenvalue weighted by atomic mass is 10.2. The molecular formula is C9H10N4O. The van der Waals surface area contributed by atoms with E-state index in [2.05, 4.69) is 4.98 Å². The van der Waals surface area contributed by atoms with Gasteiger partial charge < -0.3 is 16.0 Å². The number of amides is 1. The molecule has 0 aromatic carbocycles. The maximum Gasteiger partial charge on any atom is 0.250 e. The Balaban J connectivity index is 2.85. The number of hydrogen-bond acceptors (Lipinski definition) is 3. The number of pyridine rings is 1. The number of nitrogens with two attached hydrogens (primary N) is 2. The smallest absolute Gasteiger partial charge is 0.250 e. The molecule has 0 unspecified atom stereocenters. The number of carbonyl (C=O) groups is 1. The summed E-state index contributed by atoms with van der Waals surface area (Å²) in [5.41, 5.74) is 12.5. The maximum atomic E-state index is 11.1. The van der Waals surface area contributed by atoms with Gasteiger partial charge in [0.05, 0.1) is 17.4 Å². The van der Waals surface area contributed by atoms with Crippen LogP contribution in [-0.4, -0.2) is 15.5 Å². The van der Waals surface area contributed by atoms with E-state index in [4.69, 9.17) is 11.5 Å². The van der Waals surface area contributed by atoms with E-state index in [9.17, 15) is 4.79 Å². The molecular weight excluding hydrogens is 180 g/mol. The van der Waals surface area contributed by atoms with Crippen molar-refractivity contribution in [2.45, 2.75) is 0 Å². The first kappa shape index (κ1) is 8.55. The summed E-state index contributed by atoms with van der Waals surface area (Å²) in [6.45, 7) is 0. The molecule has 0 saturated carbocycles. The second kappa shape index (κ2) is 2.73. The number of aromatic nitrogens is 2. The SMILES string of the molecule is Cn1cc(C(N)=O)c2cc(N)cnc21. The highest BCUT2D eigenvalue weighted by atomic mass is 16.1. The summed E-state index contributed by atoms with van der Waals surface area (Å²) in [5.74, 6) is -0.469. The molecule has 0 aliphatic carbocycles. The largest absolute Gasteiger partial charge is 0.397 e. The van der Waals surface area contributed by atoms with Crippen LogP contribution in [0.25, 0.3) is 11.0 Å². The quantitative estimate of drug-likeness (QED) is 0.675. The molecule has 4 N–H and O–H groups in total. The van der Waals surface area contributed by atoms with E-state index in [1.54, 1.807) is 30.1 Å². The molecule has 0 fully saturated rings. The number of rotatable bonds is 1. The third-order valence-electron chi connectivity index (χ3n) is 2.10. The second-order valence-electron chi connectivity index (χ2n) is 3.16. The van der Waals surface area contributed by atoms with Crippen molar-refractivity contribution in [3.05, 3.63) is 24.0 Å². The highest BCUT2D eigenvalue weighted by molar-refractivity contribution is 6.05. The predicted octanol–water partition coefficient (Wildman–Crippen LogP) is 0.254. The van der Waals surface area contributed by atoms with Crippen LogP contribution in [0.5, 0.6) is 0 Å². The molecule has 5 heteroatoms. The summed E-state index contributed by atoms with van der Waals surface area (Å²) < 4.78 is 1.74. The summed E-state index contributed by atoms with van der Waals surface area (Å²) in [4.78, 5) is 15.2. The van der Waals surface area contributed by atoms with Gasteiger partial charge >= 0.3 is 0 Å². The lowest BCUT2D eigenvalue weighted by Crippen LogP contribution is -2.10. The minimum atomic E-state index is -0.469. The molecule has 1 amide bonds. The third-order valence-corrected chi connectivity index (χ3v) is 2.10. The van der Waals surface area contributed by atoms with E-state index in [0.717, 1.165) is 0 Å². The van der Waals surface area contributed by atoms with Crippen LogP contribution in [0.2, 0.25) is 0 Å². The fraction of sp³-hybridized carbons (Fsp3) is 0.111. The van der Waals surface area contributed by atoms with Crippen LogP contribution in [0.4, 0.5) is 5.69 Å². The van der Waals surface area contributed by atoms with E-state index < -0.39 is 5.91 Å². The van der Waals surface area contributed by atoms with Crippen molar-refractivity contribution >= 4 is 22.6 Å². The first-order valence-electron chi connectivity index (χ1n) is 4.10. The zero-order chi connectivity index (χ0) is 10.3. The van der Waals surface area contributed by atoms with Crippen LogP contribution < -0.4 is 11.5 Å². The van der Waals surface area contributed by atoms with Gasteiger partial charge in [-0.2, -0.15) is 0 Å². The van der Waals surface area contributed by atoms with E-state index >= 15 is 0 Å². The lowest BCUT2D eigenvalue weighted by molar-refractivity contribution is 0.100. The number of nitrogens with zero attached hydrogens (tertiary/aromatic N) is 2. The number of primary amides is 1. The van der Waals surface area contributed by atoms with Crippen LogP contribution in [0.15, 0.2) is 18.5 Å². The van der Waals surface area contributed by atoms with Crippen molar-refractivity contribution in [2.24, 2.45) is 12.8 Å². The average Bonchev–Trinajstić information content (AvgIpc) is 2.43. The Morgan fingerprint density at radius 3 is 2.93 bits per heavy atom. The molecule has 2 aromatic heterocycles. The summed E-state index contributed by atoms with van der Waals surface area (Å²) in [5, 5.41) is 0.694. The molecule has 0 aliphatic rings. The van der Waals surface area contributed by atoms with E-state index in [-0.39, 0.29) is 0 Å². The Morgan fingerprint density at radius 1 is 1.57 bits per heavy atom. The van der Waals surface area contributed by atoms with Crippen molar-refractivity contribution in [1.29, 1.82) is 0 Å². The first-order valence-corrected chi connectivity index (χ1v) is 4.10. The second-order valence-corrected chi connectivity index (χ2v) is 3.16. The van der Waals surface area contributed by atoms with Crippen molar-refractivity contribution < 1.29 is 4.79 Å². The molecule has 2 aromatic rings. The molecule has 14 heavy (non-hydrogen) atoms. The van der Waals surface area contributed by atoms with Gasteiger partial charge in [0.15, 0.2) is 0 Å². The normalized spacial score (nSPS) is 10.6. The van der Waals surface area contributed by atoms with Crippen LogP contribution >= 0.6 is 0 Å². The minimum Gasteiger partial charge on any atom is -0.397 e. The Morgan fingerprint density at radius 2 is 2.29 bits per heavy atom. The zero-order valence-corrected chi connectivity index (χ0v) is 7.69. The molecule has 2 rings (SSSR count). The Kier molecular flexibility index (Phi) is 1.67. The van der Waals surface area contributed by atoms with Gasteiger partial charge in [0, 0.05) is 18.6 Å². The Labute approximate surface area is 80.3 Å². The molecule has 0 radical (unpaired) electrons. The van der Waals surface area contributed by atoms with Gasteiger partial charge in [-0.3, -0.25) is 4.79 Å². The van der Waals surface area contributed by atoms with Crippen molar-refractivity contribution in [3.8, 4) is 0 Å². The molecule has 72 valence electrons. The lowest BCUT2D eigenvalue weighted by Gasteiger charge is -1.95. The standard InChI is InChI=1S/C9H10N4O/c1-13-4-7(8(11)14)6-2-5(10)3-12-9(6)13/h2-4H,10H2,1H3,(H2,11,14). The Hall–Kier alpha value is -2.04. The molecule has 0 saturated heterocycles. The third kappa shape index (κ3) is 1.10. The van der Waals surface area contributed by atoms with E-state index in [1.807, 2.05) is 0 Å². The van der Waals surface area contributed by atoms with Crippen LogP contribution in [0.3, 0.4) is 0 Å². The summed E-state index contributed by atoms with van der Waals surface area (Å²) in [6, 6.07) is 1.70. The molecule has 2 heterocycles. The zero-order valence-electron chi connectivity index (χ0n) is 7.69. The summed E-state index contributed by atoms with van der Waals surface area (Å²) in [6.07, 6.45) is 3.20. The predicted molar refractivity (Wildman–Crippen MR) is 53.6 cm³/mol. The van der Waals surface area contributed by atoms with Gasteiger partial charge in [-0.15, -0.1) is 0 Å². The van der Waals surface area contributed by atoms with Gasteiger partial charge in [0.25, 0.3) is 5.91 Å². The molecule has 5 nitrogen and oxygen atoms in total. The van der Waals surface area contributed by atoms with Gasteiger partial charge in [-0.1, -0.05) is 0 Å². The van der Waals surface area contributed by atoms with E-state index in [1.165, 1.54) is 0 Å². The van der Waals surface area contributed by atoms with Crippen molar-refractivity contribution in [3.63, 3.8) is 0 Å². The number of carbonyl (C=O) groups excluding carboxylic acids is 1.